The summed E-state index contributed by atoms with van der Waals surface area (Å²) in [6, 6.07) is 14.2. The SMILES string of the molecule is Cn1nc(CNc2ncc[nH]2)c2ccc(C(=O)NCC(NS(=O)(=O)c3ccc(-c4ccc(S(=O)(=O)NCCNC(=O)CN5CCN(CC(=O)O)CCN(CC(=O)O)CCN(C(=O)CO)CC5)cc4)cc3)C(=O)O)cc21. The van der Waals surface area contributed by atoms with E-state index in [1.807, 2.05) is 0 Å². The average molecular weight is 1080 g/mol. The molecule has 1 fully saturated rings. The topological polar surface area (TPSA) is 371 Å². The van der Waals surface area contributed by atoms with Crippen LogP contribution < -0.4 is 25.4 Å². The predicted molar refractivity (Wildman–Crippen MR) is 269 cm³/mol. The lowest BCUT2D eigenvalue weighted by atomic mass is 10.1. The molecule has 27 nitrogen and oxygen atoms in total. The van der Waals surface area contributed by atoms with Crippen LogP contribution in [0, 0.1) is 0 Å². The number of aliphatic hydroxyl groups excluding tert-OH is 1. The summed E-state index contributed by atoms with van der Waals surface area (Å²) in [6.45, 7) is -0.913. The van der Waals surface area contributed by atoms with Crippen LogP contribution in [0.15, 0.2) is 88.9 Å². The van der Waals surface area contributed by atoms with E-state index in [0.717, 1.165) is 5.39 Å². The maximum absolute atomic E-state index is 13.3. The van der Waals surface area contributed by atoms with Gasteiger partial charge in [-0.25, -0.2) is 26.5 Å². The summed E-state index contributed by atoms with van der Waals surface area (Å²) in [7, 11) is -6.78. The van der Waals surface area contributed by atoms with Crippen LogP contribution in [-0.2, 0) is 57.6 Å². The Morgan fingerprint density at radius 2 is 1.27 bits per heavy atom. The number of carboxylic acid groups (broad SMARTS) is 3. The summed E-state index contributed by atoms with van der Waals surface area (Å²) in [5, 5.41) is 51.8. The molecular weight excluding hydrogens is 1020 g/mol. The Morgan fingerprint density at radius 3 is 1.80 bits per heavy atom. The molecule has 0 aliphatic carbocycles. The van der Waals surface area contributed by atoms with E-state index < -0.39 is 74.9 Å². The van der Waals surface area contributed by atoms with E-state index in [1.165, 1.54) is 53.4 Å². The van der Waals surface area contributed by atoms with Gasteiger partial charge in [-0.1, -0.05) is 30.3 Å². The second kappa shape index (κ2) is 26.2. The summed E-state index contributed by atoms with van der Waals surface area (Å²) in [4.78, 5) is 86.8. The molecule has 6 rings (SSSR count). The molecule has 0 bridgehead atoms. The highest BCUT2D eigenvalue weighted by molar-refractivity contribution is 7.89. The number of hydrogen-bond acceptors (Lipinski definition) is 17. The van der Waals surface area contributed by atoms with Crippen molar-refractivity contribution in [1.82, 2.24) is 59.4 Å². The number of aliphatic carboxylic acids is 3. The molecule has 0 saturated carbocycles. The van der Waals surface area contributed by atoms with Crippen LogP contribution in [-0.4, -0.2) is 217 Å². The molecular formula is C46H59N13O14S2. The van der Waals surface area contributed by atoms with Gasteiger partial charge < -0.3 is 46.3 Å². The molecule has 3 aromatic carbocycles. The van der Waals surface area contributed by atoms with Gasteiger partial charge in [0.05, 0.1) is 47.2 Å². The van der Waals surface area contributed by atoms with E-state index in [2.05, 4.69) is 40.5 Å². The third-order valence-electron chi connectivity index (χ3n) is 12.0. The number of anilines is 1. The Bertz CT molecular complexity index is 3030. The third-order valence-corrected chi connectivity index (χ3v) is 15.0. The molecule has 2 aromatic heterocycles. The van der Waals surface area contributed by atoms with Crippen LogP contribution in [0.4, 0.5) is 5.95 Å². The number of amides is 3. The lowest BCUT2D eigenvalue weighted by Crippen LogP contribution is -2.50. The van der Waals surface area contributed by atoms with Crippen LogP contribution in [0.2, 0.25) is 0 Å². The van der Waals surface area contributed by atoms with Gasteiger partial charge in [0.25, 0.3) is 5.91 Å². The standard InChI is InChI=1S/C46H59N13O14S2/c1-55-39-24-33(6-11-36(39)37(53-55)25-51-46-48-12-13-49-46)44(67)50-26-38(45(68)69)54-75(72,73)35-9-4-32(5-10-35)31-2-7-34(8-3-31)74(70,71)52-15-14-47-40(61)27-56-16-17-57(28-42(63)64)18-19-58(29-43(65)66)21-23-59(22-20-56)41(62)30-60/h2-13,24,38,52,54,60H,14-23,25-30H2,1H3,(H,47,61)(H,50,67)(H,63,64)(H,65,66)(H,68,69)(H2,48,49,51). The molecule has 1 unspecified atom stereocenters. The first kappa shape index (κ1) is 56.9. The minimum Gasteiger partial charge on any atom is -0.480 e. The first-order valence-electron chi connectivity index (χ1n) is 23.4. The van der Waals surface area contributed by atoms with Gasteiger partial charge >= 0.3 is 17.9 Å². The van der Waals surface area contributed by atoms with E-state index in [0.29, 0.717) is 34.8 Å². The number of aromatic amines is 1. The number of aliphatic hydroxyl groups is 1. The average Bonchev–Trinajstić information content (AvgIpc) is 4.02. The van der Waals surface area contributed by atoms with Crippen molar-refractivity contribution in [1.29, 1.82) is 0 Å². The van der Waals surface area contributed by atoms with Crippen molar-refractivity contribution >= 4 is 72.5 Å². The smallest absolute Gasteiger partial charge is 0.323 e. The van der Waals surface area contributed by atoms with Gasteiger partial charge in [-0.15, -0.1) is 0 Å². The predicted octanol–water partition coefficient (Wildman–Crippen LogP) is -1.96. The van der Waals surface area contributed by atoms with Crippen molar-refractivity contribution in [3.8, 4) is 11.1 Å². The van der Waals surface area contributed by atoms with Gasteiger partial charge in [0.1, 0.15) is 12.6 Å². The number of hydrogen-bond donors (Lipinski definition) is 10. The zero-order chi connectivity index (χ0) is 54.3. The number of benzene rings is 3. The monoisotopic (exact) mass is 1080 g/mol. The molecule has 1 atom stereocenters. The molecule has 0 radical (unpaired) electrons. The first-order valence-corrected chi connectivity index (χ1v) is 26.4. The van der Waals surface area contributed by atoms with E-state index in [-0.39, 0.29) is 100 Å². The molecule has 10 N–H and O–H groups in total. The van der Waals surface area contributed by atoms with Crippen molar-refractivity contribution in [3.05, 3.63) is 90.4 Å². The molecule has 1 saturated heterocycles. The maximum Gasteiger partial charge on any atom is 0.323 e. The summed E-state index contributed by atoms with van der Waals surface area (Å²) in [5.74, 6) is -4.87. The number of nitrogens with zero attached hydrogens (tertiary/aromatic N) is 7. The summed E-state index contributed by atoms with van der Waals surface area (Å²) in [6.07, 6.45) is 3.27. The van der Waals surface area contributed by atoms with Crippen molar-refractivity contribution in [3.63, 3.8) is 0 Å². The fourth-order valence-electron chi connectivity index (χ4n) is 7.99. The molecule has 5 aromatic rings. The number of nitrogens with one attached hydrogen (secondary N) is 6. The van der Waals surface area contributed by atoms with Crippen molar-refractivity contribution in [2.45, 2.75) is 22.4 Å². The molecule has 3 amide bonds. The normalized spacial score (nSPS) is 15.1. The van der Waals surface area contributed by atoms with Gasteiger partial charge in [-0.2, -0.15) is 9.82 Å². The Balaban J connectivity index is 0.979. The molecule has 404 valence electrons. The van der Waals surface area contributed by atoms with Crippen LogP contribution in [0.25, 0.3) is 22.0 Å². The molecule has 0 spiro atoms. The molecule has 1 aliphatic heterocycles. The first-order chi connectivity index (χ1) is 35.7. The number of imidazole rings is 1. The highest BCUT2D eigenvalue weighted by Gasteiger charge is 2.27. The second-order valence-corrected chi connectivity index (χ2v) is 20.7. The number of H-pyrrole nitrogens is 1. The van der Waals surface area contributed by atoms with Gasteiger partial charge in [0, 0.05) is 102 Å². The fraction of sp³-hybridized carbons (Fsp3) is 0.391. The second-order valence-electron chi connectivity index (χ2n) is 17.3. The number of carbonyl (C=O) groups is 6. The number of aromatic nitrogens is 4. The van der Waals surface area contributed by atoms with Gasteiger partial charge in [-0.3, -0.25) is 48.1 Å². The zero-order valence-corrected chi connectivity index (χ0v) is 42.3. The molecule has 3 heterocycles. The Hall–Kier alpha value is -7.38. The molecule has 1 aliphatic rings. The molecule has 29 heteroatoms. The Kier molecular flexibility index (Phi) is 19.9. The number of carbonyl (C=O) groups excluding carboxylic acids is 3. The van der Waals surface area contributed by atoms with E-state index in [1.54, 1.807) is 57.0 Å². The quantitative estimate of drug-likeness (QED) is 0.0318. The number of carboxylic acids is 3. The summed E-state index contributed by atoms with van der Waals surface area (Å²) >= 11 is 0. The lowest BCUT2D eigenvalue weighted by Gasteiger charge is -2.33. The number of sulfonamides is 2. The van der Waals surface area contributed by atoms with Crippen LogP contribution in [0.1, 0.15) is 16.1 Å². The fourth-order valence-corrected chi connectivity index (χ4v) is 10.2. The highest BCUT2D eigenvalue weighted by Crippen LogP contribution is 2.24. The van der Waals surface area contributed by atoms with Gasteiger partial charge in [0.2, 0.25) is 31.9 Å². The maximum atomic E-state index is 13.3. The largest absolute Gasteiger partial charge is 0.480 e. The van der Waals surface area contributed by atoms with E-state index in [9.17, 15) is 66.0 Å². The van der Waals surface area contributed by atoms with E-state index >= 15 is 0 Å². The van der Waals surface area contributed by atoms with Gasteiger partial charge in [0.15, 0.2) is 5.95 Å². The van der Waals surface area contributed by atoms with Crippen molar-refractivity contribution in [2.24, 2.45) is 7.05 Å². The van der Waals surface area contributed by atoms with Crippen LogP contribution in [0.5, 0.6) is 0 Å². The van der Waals surface area contributed by atoms with Crippen molar-refractivity contribution < 1.29 is 66.0 Å². The number of rotatable bonds is 23. The number of fused-ring (bicyclic) bond motifs is 1. The van der Waals surface area contributed by atoms with E-state index in [4.69, 9.17) is 0 Å². The van der Waals surface area contributed by atoms with Crippen LogP contribution in [0.3, 0.4) is 0 Å². The van der Waals surface area contributed by atoms with Crippen LogP contribution >= 0.6 is 0 Å². The third kappa shape index (κ3) is 16.6. The Morgan fingerprint density at radius 1 is 0.707 bits per heavy atom. The minimum absolute atomic E-state index is 0.0805. The minimum atomic E-state index is -4.42. The number of aryl methyl sites for hydroxylation is 1. The van der Waals surface area contributed by atoms with Gasteiger partial charge in [-0.05, 0) is 47.5 Å². The Labute approximate surface area is 431 Å². The highest BCUT2D eigenvalue weighted by atomic mass is 32.2. The zero-order valence-electron chi connectivity index (χ0n) is 40.7. The summed E-state index contributed by atoms with van der Waals surface area (Å²) < 4.78 is 59.1. The lowest BCUT2D eigenvalue weighted by molar-refractivity contribution is -0.140. The van der Waals surface area contributed by atoms with Crippen molar-refractivity contribution in [2.75, 3.05) is 104 Å². The summed E-state index contributed by atoms with van der Waals surface area (Å²) in [5.41, 5.74) is 2.54. The molecule has 75 heavy (non-hydrogen) atoms.